The molecule has 0 aliphatic heterocycles. The Morgan fingerprint density at radius 3 is 2.81 bits per heavy atom. The average Bonchev–Trinajstić information content (AvgIpc) is 2.64. The highest BCUT2D eigenvalue weighted by atomic mass is 19.2. The van der Waals surface area contributed by atoms with Crippen LogP contribution in [0.5, 0.6) is 11.6 Å². The fraction of sp³-hybridized carbons (Fsp3) is 0.0588. The summed E-state index contributed by atoms with van der Waals surface area (Å²) in [5, 5.41) is 2.97. The van der Waals surface area contributed by atoms with Gasteiger partial charge in [0.15, 0.2) is 11.6 Å². The number of nitrogens with zero attached hydrogens (tertiary/aromatic N) is 3. The van der Waals surface area contributed by atoms with Crippen molar-refractivity contribution in [2.45, 2.75) is 6.54 Å². The third kappa shape index (κ3) is 4.07. The zero-order valence-corrected chi connectivity index (χ0v) is 13.3. The Morgan fingerprint density at radius 2 is 2.04 bits per heavy atom. The largest absolute Gasteiger partial charge is 0.439 e. The molecule has 0 aliphatic carbocycles. The van der Waals surface area contributed by atoms with Crippen LogP contribution in [0.1, 0.15) is 16.1 Å². The number of pyridine rings is 1. The number of carbonyl (C=O) groups is 1. The van der Waals surface area contributed by atoms with Crippen LogP contribution in [0.4, 0.5) is 14.6 Å². The van der Waals surface area contributed by atoms with Crippen molar-refractivity contribution in [3.63, 3.8) is 0 Å². The average molecular weight is 357 g/mol. The van der Waals surface area contributed by atoms with Gasteiger partial charge >= 0.3 is 0 Å². The topological polar surface area (TPSA) is 103 Å². The predicted octanol–water partition coefficient (Wildman–Crippen LogP) is 2.65. The summed E-state index contributed by atoms with van der Waals surface area (Å²) in [6.45, 7) is 0.240. The van der Waals surface area contributed by atoms with E-state index in [1.54, 1.807) is 12.1 Å². The third-order valence-electron chi connectivity index (χ3n) is 3.30. The molecular formula is C17H13F2N5O2. The van der Waals surface area contributed by atoms with Crippen LogP contribution in [0.15, 0.2) is 48.9 Å². The van der Waals surface area contributed by atoms with Crippen molar-refractivity contribution in [3.05, 3.63) is 71.8 Å². The van der Waals surface area contributed by atoms with E-state index in [4.69, 9.17) is 10.5 Å². The molecule has 3 N–H and O–H groups in total. The van der Waals surface area contributed by atoms with Crippen molar-refractivity contribution in [1.29, 1.82) is 0 Å². The van der Waals surface area contributed by atoms with Crippen LogP contribution >= 0.6 is 0 Å². The molecule has 0 fully saturated rings. The number of aromatic nitrogens is 3. The van der Waals surface area contributed by atoms with E-state index >= 15 is 0 Å². The monoisotopic (exact) mass is 357 g/mol. The zero-order valence-electron chi connectivity index (χ0n) is 13.3. The summed E-state index contributed by atoms with van der Waals surface area (Å²) in [7, 11) is 0. The number of benzene rings is 1. The molecule has 3 aromatic rings. The van der Waals surface area contributed by atoms with E-state index in [-0.39, 0.29) is 23.9 Å². The summed E-state index contributed by atoms with van der Waals surface area (Å²) in [6.07, 6.45) is 4.19. The molecular weight excluding hydrogens is 344 g/mol. The van der Waals surface area contributed by atoms with Crippen molar-refractivity contribution >= 4 is 11.7 Å². The molecule has 2 heterocycles. The first-order valence-corrected chi connectivity index (χ1v) is 7.45. The number of hydrogen-bond acceptors (Lipinski definition) is 6. The Labute approximate surface area is 146 Å². The standard InChI is InChI=1S/C17H13F2N5O2/c18-12-4-3-11(6-13(12)19)26-17-10(2-1-5-22-17)7-23-15-9-21-8-14(24-15)16(20)25/h1-6,8-9H,7H2,(H2,20,25)(H,23,24). The molecule has 2 aromatic heterocycles. The molecule has 0 bridgehead atoms. The number of nitrogens with two attached hydrogens (primary N) is 1. The number of rotatable bonds is 6. The van der Waals surface area contributed by atoms with E-state index in [1.807, 2.05) is 0 Å². The van der Waals surface area contributed by atoms with E-state index in [1.165, 1.54) is 24.7 Å². The lowest BCUT2D eigenvalue weighted by Crippen LogP contribution is -2.14. The highest BCUT2D eigenvalue weighted by molar-refractivity contribution is 5.90. The summed E-state index contributed by atoms with van der Waals surface area (Å²) in [6, 6.07) is 6.63. The fourth-order valence-corrected chi connectivity index (χ4v) is 2.06. The second kappa shape index (κ2) is 7.51. The molecule has 3 rings (SSSR count). The number of amides is 1. The van der Waals surface area contributed by atoms with Crippen LogP contribution in [0.3, 0.4) is 0 Å². The molecule has 9 heteroatoms. The fourth-order valence-electron chi connectivity index (χ4n) is 2.06. The number of primary amides is 1. The highest BCUT2D eigenvalue weighted by Gasteiger charge is 2.10. The first-order valence-electron chi connectivity index (χ1n) is 7.45. The summed E-state index contributed by atoms with van der Waals surface area (Å²) in [5.74, 6) is -2.01. The van der Waals surface area contributed by atoms with Crippen LogP contribution in [0.25, 0.3) is 0 Å². The minimum Gasteiger partial charge on any atom is -0.439 e. The van der Waals surface area contributed by atoms with Gasteiger partial charge in [-0.05, 0) is 18.2 Å². The van der Waals surface area contributed by atoms with Gasteiger partial charge < -0.3 is 15.8 Å². The lowest BCUT2D eigenvalue weighted by molar-refractivity contribution is 0.0995. The zero-order chi connectivity index (χ0) is 18.5. The Morgan fingerprint density at radius 1 is 1.19 bits per heavy atom. The summed E-state index contributed by atoms with van der Waals surface area (Å²) >= 11 is 0. The second-order valence-corrected chi connectivity index (χ2v) is 5.15. The van der Waals surface area contributed by atoms with Gasteiger partial charge in [0.05, 0.1) is 12.4 Å². The summed E-state index contributed by atoms with van der Waals surface area (Å²) in [4.78, 5) is 23.1. The second-order valence-electron chi connectivity index (χ2n) is 5.15. The van der Waals surface area contributed by atoms with Gasteiger partial charge in [-0.1, -0.05) is 6.07 Å². The van der Waals surface area contributed by atoms with Crippen LogP contribution < -0.4 is 15.8 Å². The summed E-state index contributed by atoms with van der Waals surface area (Å²) < 4.78 is 31.9. The van der Waals surface area contributed by atoms with E-state index < -0.39 is 17.5 Å². The molecule has 1 amide bonds. The van der Waals surface area contributed by atoms with Gasteiger partial charge in [0, 0.05) is 24.4 Å². The molecule has 0 saturated heterocycles. The minimum absolute atomic E-state index is 0.0273. The van der Waals surface area contributed by atoms with Gasteiger partial charge in [0.1, 0.15) is 17.3 Å². The van der Waals surface area contributed by atoms with Crippen molar-refractivity contribution in [1.82, 2.24) is 15.0 Å². The van der Waals surface area contributed by atoms with E-state index in [2.05, 4.69) is 20.3 Å². The van der Waals surface area contributed by atoms with Gasteiger partial charge in [-0.15, -0.1) is 0 Å². The lowest BCUT2D eigenvalue weighted by Gasteiger charge is -2.11. The number of anilines is 1. The first kappa shape index (κ1) is 17.2. The van der Waals surface area contributed by atoms with Crippen molar-refractivity contribution in [2.24, 2.45) is 5.73 Å². The molecule has 0 atom stereocenters. The first-order chi connectivity index (χ1) is 12.5. The van der Waals surface area contributed by atoms with Crippen molar-refractivity contribution in [2.75, 3.05) is 5.32 Å². The molecule has 132 valence electrons. The van der Waals surface area contributed by atoms with Gasteiger partial charge in [-0.25, -0.2) is 18.7 Å². The number of nitrogens with one attached hydrogen (secondary N) is 1. The smallest absolute Gasteiger partial charge is 0.268 e. The predicted molar refractivity (Wildman–Crippen MR) is 88.5 cm³/mol. The Balaban J connectivity index is 1.76. The number of ether oxygens (including phenoxy) is 1. The van der Waals surface area contributed by atoms with Crippen LogP contribution in [0, 0.1) is 11.6 Å². The molecule has 1 aromatic carbocycles. The van der Waals surface area contributed by atoms with E-state index in [9.17, 15) is 13.6 Å². The molecule has 0 spiro atoms. The van der Waals surface area contributed by atoms with Crippen LogP contribution in [-0.4, -0.2) is 20.9 Å². The van der Waals surface area contributed by atoms with Crippen LogP contribution in [0.2, 0.25) is 0 Å². The number of hydrogen-bond donors (Lipinski definition) is 2. The van der Waals surface area contributed by atoms with Gasteiger partial charge in [-0.2, -0.15) is 0 Å². The number of carbonyl (C=O) groups excluding carboxylic acids is 1. The molecule has 7 nitrogen and oxygen atoms in total. The Bertz CT molecular complexity index is 952. The Kier molecular flexibility index (Phi) is 4.97. The van der Waals surface area contributed by atoms with Gasteiger partial charge in [0.2, 0.25) is 5.88 Å². The van der Waals surface area contributed by atoms with Crippen molar-refractivity contribution in [3.8, 4) is 11.6 Å². The lowest BCUT2D eigenvalue weighted by atomic mass is 10.2. The summed E-state index contributed by atoms with van der Waals surface area (Å²) in [5.41, 5.74) is 5.82. The minimum atomic E-state index is -1.02. The maximum absolute atomic E-state index is 13.3. The van der Waals surface area contributed by atoms with Crippen LogP contribution in [-0.2, 0) is 6.54 Å². The number of halogens is 2. The van der Waals surface area contributed by atoms with E-state index in [0.29, 0.717) is 11.4 Å². The van der Waals surface area contributed by atoms with Gasteiger partial charge in [0.25, 0.3) is 5.91 Å². The molecule has 0 unspecified atom stereocenters. The highest BCUT2D eigenvalue weighted by Crippen LogP contribution is 2.25. The van der Waals surface area contributed by atoms with E-state index in [0.717, 1.165) is 12.1 Å². The SMILES string of the molecule is NC(=O)c1cncc(NCc2cccnc2Oc2ccc(F)c(F)c2)n1. The van der Waals surface area contributed by atoms with Gasteiger partial charge in [-0.3, -0.25) is 9.78 Å². The Hall–Kier alpha value is -3.62. The molecule has 0 aliphatic rings. The molecule has 26 heavy (non-hydrogen) atoms. The molecule has 0 saturated carbocycles. The van der Waals surface area contributed by atoms with Crippen molar-refractivity contribution < 1.29 is 18.3 Å². The maximum atomic E-state index is 13.3. The normalized spacial score (nSPS) is 10.4. The molecule has 0 radical (unpaired) electrons. The third-order valence-corrected chi connectivity index (χ3v) is 3.30. The quantitative estimate of drug-likeness (QED) is 0.703. The maximum Gasteiger partial charge on any atom is 0.268 e.